The molecule has 1 fully saturated rings. The van der Waals surface area contributed by atoms with Gasteiger partial charge in [0.1, 0.15) is 0 Å². The summed E-state index contributed by atoms with van der Waals surface area (Å²) >= 11 is 0. The summed E-state index contributed by atoms with van der Waals surface area (Å²) in [6.45, 7) is 4.27. The van der Waals surface area contributed by atoms with Crippen molar-refractivity contribution >= 4 is 5.97 Å². The second-order valence-corrected chi connectivity index (χ2v) is 3.39. The number of ether oxygens (including phenoxy) is 1. The summed E-state index contributed by atoms with van der Waals surface area (Å²) in [6, 6.07) is 0.0741. The van der Waals surface area contributed by atoms with Crippen molar-refractivity contribution in [2.24, 2.45) is 5.92 Å². The van der Waals surface area contributed by atoms with Crippen LogP contribution < -0.4 is 5.32 Å². The van der Waals surface area contributed by atoms with Crippen LogP contribution in [0.4, 0.5) is 0 Å². The van der Waals surface area contributed by atoms with E-state index in [1.54, 1.807) is 0 Å². The van der Waals surface area contributed by atoms with Crippen LogP contribution in [0.5, 0.6) is 0 Å². The highest BCUT2D eigenvalue weighted by atomic mass is 16.5. The molecule has 0 aliphatic carbocycles. The second kappa shape index (κ2) is 5.19. The smallest absolute Gasteiger partial charge is 0.304 e. The number of rotatable bonds is 5. The van der Waals surface area contributed by atoms with Crippen molar-refractivity contribution in [3.63, 3.8) is 0 Å². The molecule has 0 saturated carbocycles. The zero-order valence-corrected chi connectivity index (χ0v) is 7.95. The average Bonchev–Trinajstić information content (AvgIpc) is 2.54. The Kier molecular flexibility index (Phi) is 4.18. The summed E-state index contributed by atoms with van der Waals surface area (Å²) < 4.78 is 5.23. The summed E-state index contributed by atoms with van der Waals surface area (Å²) in [7, 11) is 0. The van der Waals surface area contributed by atoms with Gasteiger partial charge in [-0.2, -0.15) is 0 Å². The van der Waals surface area contributed by atoms with Gasteiger partial charge in [0.15, 0.2) is 0 Å². The molecule has 1 saturated heterocycles. The zero-order chi connectivity index (χ0) is 9.68. The topological polar surface area (TPSA) is 58.6 Å². The molecule has 0 amide bonds. The molecule has 2 N–H and O–H groups in total. The van der Waals surface area contributed by atoms with Gasteiger partial charge in [-0.05, 0) is 13.0 Å². The van der Waals surface area contributed by atoms with E-state index in [2.05, 4.69) is 5.32 Å². The molecule has 0 radical (unpaired) electrons. The molecule has 1 aliphatic heterocycles. The van der Waals surface area contributed by atoms with E-state index in [0.29, 0.717) is 12.5 Å². The van der Waals surface area contributed by atoms with Crippen LogP contribution in [0.15, 0.2) is 0 Å². The van der Waals surface area contributed by atoms with Crippen molar-refractivity contribution < 1.29 is 14.6 Å². The highest BCUT2D eigenvalue weighted by Gasteiger charge is 2.26. The number of carboxylic acids is 1. The molecule has 0 aromatic heterocycles. The molecular weight excluding hydrogens is 170 g/mol. The minimum Gasteiger partial charge on any atom is -0.481 e. The number of aliphatic carboxylic acids is 1. The minimum atomic E-state index is -0.738. The summed E-state index contributed by atoms with van der Waals surface area (Å²) in [5, 5.41) is 11.9. The largest absolute Gasteiger partial charge is 0.481 e. The van der Waals surface area contributed by atoms with Crippen LogP contribution in [0.1, 0.15) is 19.8 Å². The lowest BCUT2D eigenvalue weighted by Crippen LogP contribution is -2.38. The highest BCUT2D eigenvalue weighted by Crippen LogP contribution is 2.18. The molecule has 4 nitrogen and oxygen atoms in total. The van der Waals surface area contributed by atoms with Crippen LogP contribution in [0, 0.1) is 5.92 Å². The Morgan fingerprint density at radius 1 is 1.77 bits per heavy atom. The Hall–Kier alpha value is -0.610. The van der Waals surface area contributed by atoms with E-state index in [-0.39, 0.29) is 12.5 Å². The third-order valence-electron chi connectivity index (χ3n) is 2.39. The lowest BCUT2D eigenvalue weighted by molar-refractivity contribution is -0.137. The minimum absolute atomic E-state index is 0.0741. The van der Waals surface area contributed by atoms with Crippen LogP contribution in [0.25, 0.3) is 0 Å². The van der Waals surface area contributed by atoms with Crippen LogP contribution in [-0.4, -0.2) is 36.9 Å². The summed E-state index contributed by atoms with van der Waals surface area (Å²) in [5.41, 5.74) is 0. The lowest BCUT2D eigenvalue weighted by Gasteiger charge is -2.21. The van der Waals surface area contributed by atoms with Crippen LogP contribution in [-0.2, 0) is 9.53 Å². The molecule has 2 atom stereocenters. The maximum absolute atomic E-state index is 10.6. The predicted octanol–water partition coefficient (Wildman–Crippen LogP) is 0.476. The van der Waals surface area contributed by atoms with Gasteiger partial charge in [-0.25, -0.2) is 0 Å². The fourth-order valence-corrected chi connectivity index (χ4v) is 1.73. The van der Waals surface area contributed by atoms with Gasteiger partial charge in [0.05, 0.1) is 13.0 Å². The first-order valence-electron chi connectivity index (χ1n) is 4.77. The van der Waals surface area contributed by atoms with Gasteiger partial charge in [-0.3, -0.25) is 4.79 Å². The zero-order valence-electron chi connectivity index (χ0n) is 7.95. The van der Waals surface area contributed by atoms with Gasteiger partial charge in [0, 0.05) is 18.6 Å². The van der Waals surface area contributed by atoms with E-state index in [0.717, 1.165) is 19.6 Å². The Balaban J connectivity index is 2.39. The number of hydrogen-bond donors (Lipinski definition) is 2. The van der Waals surface area contributed by atoms with Crippen molar-refractivity contribution in [1.82, 2.24) is 5.32 Å². The summed E-state index contributed by atoms with van der Waals surface area (Å²) in [5.74, 6) is -0.367. The molecule has 1 heterocycles. The van der Waals surface area contributed by atoms with E-state index >= 15 is 0 Å². The monoisotopic (exact) mass is 187 g/mol. The third kappa shape index (κ3) is 3.32. The third-order valence-corrected chi connectivity index (χ3v) is 2.39. The molecule has 2 unspecified atom stereocenters. The van der Waals surface area contributed by atoms with Gasteiger partial charge in [-0.15, -0.1) is 0 Å². The molecule has 1 rings (SSSR count). The SMILES string of the molecule is CCNC(CC(=O)O)C1CCOC1. The van der Waals surface area contributed by atoms with E-state index < -0.39 is 5.97 Å². The Morgan fingerprint density at radius 2 is 2.54 bits per heavy atom. The summed E-state index contributed by atoms with van der Waals surface area (Å²) in [4.78, 5) is 10.6. The second-order valence-electron chi connectivity index (χ2n) is 3.39. The van der Waals surface area contributed by atoms with Gasteiger partial charge in [0.2, 0.25) is 0 Å². The molecule has 1 aliphatic rings. The van der Waals surface area contributed by atoms with Crippen LogP contribution in [0.2, 0.25) is 0 Å². The maximum atomic E-state index is 10.6. The van der Waals surface area contributed by atoms with E-state index in [1.807, 2.05) is 6.92 Å². The molecular formula is C9H17NO3. The van der Waals surface area contributed by atoms with Gasteiger partial charge in [-0.1, -0.05) is 6.92 Å². The molecule has 0 bridgehead atoms. The summed E-state index contributed by atoms with van der Waals surface area (Å²) in [6.07, 6.45) is 1.17. The molecule has 0 spiro atoms. The first-order chi connectivity index (χ1) is 6.24. The fraction of sp³-hybridized carbons (Fsp3) is 0.889. The Labute approximate surface area is 78.3 Å². The molecule has 4 heteroatoms. The first kappa shape index (κ1) is 10.5. The highest BCUT2D eigenvalue weighted by molar-refractivity contribution is 5.67. The van der Waals surface area contributed by atoms with Crippen LogP contribution >= 0.6 is 0 Å². The van der Waals surface area contributed by atoms with Crippen molar-refractivity contribution in [2.45, 2.75) is 25.8 Å². The van der Waals surface area contributed by atoms with Gasteiger partial charge < -0.3 is 15.2 Å². The molecule has 13 heavy (non-hydrogen) atoms. The quantitative estimate of drug-likeness (QED) is 0.657. The first-order valence-corrected chi connectivity index (χ1v) is 4.77. The van der Waals surface area contributed by atoms with E-state index in [4.69, 9.17) is 9.84 Å². The van der Waals surface area contributed by atoms with Crippen molar-refractivity contribution in [3.05, 3.63) is 0 Å². The Bertz CT molecular complexity index is 166. The number of hydrogen-bond acceptors (Lipinski definition) is 3. The lowest BCUT2D eigenvalue weighted by atomic mass is 9.96. The van der Waals surface area contributed by atoms with Crippen molar-refractivity contribution in [2.75, 3.05) is 19.8 Å². The number of carboxylic acid groups (broad SMARTS) is 1. The molecule has 0 aromatic rings. The van der Waals surface area contributed by atoms with Crippen LogP contribution in [0.3, 0.4) is 0 Å². The van der Waals surface area contributed by atoms with E-state index in [9.17, 15) is 4.79 Å². The standard InChI is InChI=1S/C9H17NO3/c1-2-10-8(5-9(11)12)7-3-4-13-6-7/h7-8,10H,2-6H2,1H3,(H,11,12). The molecule has 76 valence electrons. The predicted molar refractivity (Wildman–Crippen MR) is 48.6 cm³/mol. The molecule has 0 aromatic carbocycles. The number of nitrogens with one attached hydrogen (secondary N) is 1. The average molecular weight is 187 g/mol. The number of carbonyl (C=O) groups is 1. The Morgan fingerprint density at radius 3 is 3.00 bits per heavy atom. The van der Waals surface area contributed by atoms with Crippen molar-refractivity contribution in [3.8, 4) is 0 Å². The van der Waals surface area contributed by atoms with Gasteiger partial charge in [0.25, 0.3) is 0 Å². The van der Waals surface area contributed by atoms with Crippen molar-refractivity contribution in [1.29, 1.82) is 0 Å². The van der Waals surface area contributed by atoms with E-state index in [1.165, 1.54) is 0 Å². The normalized spacial score (nSPS) is 24.5. The maximum Gasteiger partial charge on any atom is 0.304 e. The fourth-order valence-electron chi connectivity index (χ4n) is 1.73. The van der Waals surface area contributed by atoms with Gasteiger partial charge >= 0.3 is 5.97 Å².